The van der Waals surface area contributed by atoms with E-state index in [1.54, 1.807) is 6.92 Å². The lowest BCUT2D eigenvalue weighted by Gasteiger charge is -2.16. The third kappa shape index (κ3) is 4.81. The minimum atomic E-state index is -4.75. The molecule has 0 amide bonds. The van der Waals surface area contributed by atoms with Crippen LogP contribution >= 0.6 is 19.4 Å². The van der Waals surface area contributed by atoms with Crippen molar-refractivity contribution < 1.29 is 38.9 Å². The van der Waals surface area contributed by atoms with Gasteiger partial charge in [-0.3, -0.25) is 14.4 Å². The molecule has 0 bridgehead atoms. The first-order chi connectivity index (χ1) is 15.6. The summed E-state index contributed by atoms with van der Waals surface area (Å²) in [6, 6.07) is 2.76. The molecule has 4 rings (SSSR count). The minimum absolute atomic E-state index is 0.0859. The van der Waals surface area contributed by atoms with Crippen molar-refractivity contribution >= 4 is 36.4 Å². The normalized spacial score (nSPS) is 23.2. The second kappa shape index (κ2) is 9.12. The van der Waals surface area contributed by atoms with Gasteiger partial charge in [0.1, 0.15) is 30.4 Å². The Morgan fingerprint density at radius 1 is 1.24 bits per heavy atom. The van der Waals surface area contributed by atoms with E-state index in [0.29, 0.717) is 28.1 Å². The molecule has 1 fully saturated rings. The van der Waals surface area contributed by atoms with Gasteiger partial charge < -0.3 is 29.9 Å². The van der Waals surface area contributed by atoms with Crippen LogP contribution in [0, 0.1) is 6.92 Å². The van der Waals surface area contributed by atoms with Crippen LogP contribution in [0.4, 0.5) is 5.82 Å². The predicted molar refractivity (Wildman–Crippen MR) is 115 cm³/mol. The summed E-state index contributed by atoms with van der Waals surface area (Å²) in [5, 5.41) is 33.0. The number of hydrogen-bond donors (Lipinski definition) is 6. The summed E-state index contributed by atoms with van der Waals surface area (Å²) in [5.74, 6) is 0.250. The Kier molecular flexibility index (Phi) is 6.58. The standard InChI is InChI=1S/C18H21ClN5O8P/c1-8-9(2-10(3-11(8)19)32-33(28,29)30)4-20-16-13-17(22-6-21-16)24(7-23-13)18-15(27)14(26)12(5-25)31-18/h2-3,6-7,12,14-15,18,25-27H,4-5H2,1H3,(H,20,21,22)(H2,28,29,30)/t12-,14-,15-,18-/m1/s1. The van der Waals surface area contributed by atoms with Crippen LogP contribution in [0.25, 0.3) is 11.2 Å². The Labute approximate surface area is 191 Å². The number of phosphoric acid groups is 1. The van der Waals surface area contributed by atoms with Gasteiger partial charge in [0.25, 0.3) is 0 Å². The zero-order valence-corrected chi connectivity index (χ0v) is 18.8. The topological polar surface area (TPSA) is 192 Å². The number of nitrogens with zero attached hydrogens (tertiary/aromatic N) is 4. The van der Waals surface area contributed by atoms with Gasteiger partial charge in [-0.25, -0.2) is 19.5 Å². The first kappa shape index (κ1) is 23.8. The van der Waals surface area contributed by atoms with E-state index in [2.05, 4.69) is 24.8 Å². The fourth-order valence-corrected chi connectivity index (χ4v) is 4.15. The van der Waals surface area contributed by atoms with Crippen molar-refractivity contribution in [3.05, 3.63) is 40.9 Å². The van der Waals surface area contributed by atoms with E-state index in [4.69, 9.17) is 26.1 Å². The summed E-state index contributed by atoms with van der Waals surface area (Å²) in [6.07, 6.45) is -1.87. The lowest BCUT2D eigenvalue weighted by Crippen LogP contribution is -2.33. The summed E-state index contributed by atoms with van der Waals surface area (Å²) in [4.78, 5) is 30.7. The molecule has 1 saturated heterocycles. The van der Waals surface area contributed by atoms with Crippen LogP contribution in [0.3, 0.4) is 0 Å². The number of rotatable bonds is 7. The van der Waals surface area contributed by atoms with Crippen LogP contribution in [0.2, 0.25) is 5.02 Å². The average molecular weight is 502 g/mol. The Hall–Kier alpha value is -2.35. The first-order valence-electron chi connectivity index (χ1n) is 9.67. The smallest absolute Gasteiger partial charge is 0.404 e. The highest BCUT2D eigenvalue weighted by Gasteiger charge is 2.44. The highest BCUT2D eigenvalue weighted by molar-refractivity contribution is 7.46. The zero-order chi connectivity index (χ0) is 23.9. The molecule has 0 saturated carbocycles. The SMILES string of the molecule is Cc1c(Cl)cc(OP(=O)(O)O)cc1CNc1ncnc2c1ncn2[C@@H]1O[C@H](CO)[C@@H](O)[C@H]1O. The van der Waals surface area contributed by atoms with E-state index in [9.17, 15) is 19.9 Å². The van der Waals surface area contributed by atoms with E-state index >= 15 is 0 Å². The number of aromatic nitrogens is 4. The van der Waals surface area contributed by atoms with Crippen LogP contribution in [0.15, 0.2) is 24.8 Å². The molecule has 0 spiro atoms. The van der Waals surface area contributed by atoms with Crippen LogP contribution < -0.4 is 9.84 Å². The van der Waals surface area contributed by atoms with Gasteiger partial charge in [0.05, 0.1) is 12.9 Å². The molecule has 3 aromatic rings. The van der Waals surface area contributed by atoms with Gasteiger partial charge in [-0.1, -0.05) is 11.6 Å². The number of ether oxygens (including phenoxy) is 1. The van der Waals surface area contributed by atoms with E-state index in [0.717, 1.165) is 0 Å². The number of halogens is 1. The minimum Gasteiger partial charge on any atom is -0.404 e. The van der Waals surface area contributed by atoms with Crippen molar-refractivity contribution in [3.63, 3.8) is 0 Å². The number of benzene rings is 1. The van der Waals surface area contributed by atoms with E-state index in [1.165, 1.54) is 29.4 Å². The van der Waals surface area contributed by atoms with Crippen molar-refractivity contribution in [2.24, 2.45) is 0 Å². The zero-order valence-electron chi connectivity index (χ0n) is 17.1. The number of nitrogens with one attached hydrogen (secondary N) is 1. The van der Waals surface area contributed by atoms with Crippen molar-refractivity contribution in [1.29, 1.82) is 0 Å². The van der Waals surface area contributed by atoms with Gasteiger partial charge in [0.2, 0.25) is 0 Å². The number of imidazole rings is 1. The molecular formula is C18H21ClN5O8P. The van der Waals surface area contributed by atoms with Gasteiger partial charge >= 0.3 is 7.82 Å². The highest BCUT2D eigenvalue weighted by Crippen LogP contribution is 2.40. The first-order valence-corrected chi connectivity index (χ1v) is 11.6. The monoisotopic (exact) mass is 501 g/mol. The van der Waals surface area contributed by atoms with Crippen LogP contribution in [0.1, 0.15) is 17.4 Å². The molecule has 2 aromatic heterocycles. The summed E-state index contributed by atoms with van der Waals surface area (Å²) < 4.78 is 22.8. The number of anilines is 1. The summed E-state index contributed by atoms with van der Waals surface area (Å²) in [5.41, 5.74) is 1.93. The van der Waals surface area contributed by atoms with Crippen LogP contribution in [-0.2, 0) is 15.8 Å². The fourth-order valence-electron chi connectivity index (χ4n) is 3.54. The second-order valence-corrected chi connectivity index (χ2v) is 8.97. The average Bonchev–Trinajstić information content (AvgIpc) is 3.30. The molecule has 178 valence electrons. The van der Waals surface area contributed by atoms with Gasteiger partial charge in [-0.05, 0) is 30.2 Å². The summed E-state index contributed by atoms with van der Waals surface area (Å²) in [7, 11) is -4.75. The van der Waals surface area contributed by atoms with E-state index < -0.39 is 39.0 Å². The maximum Gasteiger partial charge on any atom is 0.524 e. The lowest BCUT2D eigenvalue weighted by atomic mass is 10.1. The van der Waals surface area contributed by atoms with Crippen LogP contribution in [0.5, 0.6) is 5.75 Å². The number of aliphatic hydroxyl groups excluding tert-OH is 3. The number of phosphoric ester groups is 1. The molecule has 3 heterocycles. The molecule has 33 heavy (non-hydrogen) atoms. The van der Waals surface area contributed by atoms with Gasteiger partial charge in [-0.2, -0.15) is 0 Å². The lowest BCUT2D eigenvalue weighted by molar-refractivity contribution is -0.0511. The molecule has 15 heteroatoms. The quantitative estimate of drug-likeness (QED) is 0.246. The molecule has 1 aliphatic rings. The van der Waals surface area contributed by atoms with Gasteiger partial charge in [0, 0.05) is 11.6 Å². The Balaban J connectivity index is 1.60. The van der Waals surface area contributed by atoms with E-state index in [1.807, 2.05) is 0 Å². The second-order valence-electron chi connectivity index (χ2n) is 7.40. The van der Waals surface area contributed by atoms with E-state index in [-0.39, 0.29) is 17.3 Å². The number of fused-ring (bicyclic) bond motifs is 1. The van der Waals surface area contributed by atoms with Crippen molar-refractivity contribution in [2.75, 3.05) is 11.9 Å². The maximum absolute atomic E-state index is 11.2. The maximum atomic E-state index is 11.2. The fraction of sp³-hybridized carbons (Fsp3) is 0.389. The summed E-state index contributed by atoms with van der Waals surface area (Å²) in [6.45, 7) is 1.44. The third-order valence-electron chi connectivity index (χ3n) is 5.25. The Bertz CT molecular complexity index is 1220. The number of aliphatic hydroxyl groups is 3. The highest BCUT2D eigenvalue weighted by atomic mass is 35.5. The Morgan fingerprint density at radius 3 is 2.67 bits per heavy atom. The molecule has 4 atom stereocenters. The molecule has 6 N–H and O–H groups in total. The number of hydrogen-bond acceptors (Lipinski definition) is 10. The molecule has 0 aliphatic carbocycles. The third-order valence-corrected chi connectivity index (χ3v) is 6.09. The van der Waals surface area contributed by atoms with Crippen molar-refractivity contribution in [2.45, 2.75) is 38.0 Å². The van der Waals surface area contributed by atoms with Crippen molar-refractivity contribution in [1.82, 2.24) is 19.5 Å². The largest absolute Gasteiger partial charge is 0.524 e. The molecule has 1 aliphatic heterocycles. The molecule has 0 unspecified atom stereocenters. The predicted octanol–water partition coefficient (Wildman–Crippen LogP) is 0.483. The molecular weight excluding hydrogens is 481 g/mol. The molecule has 13 nitrogen and oxygen atoms in total. The van der Waals surface area contributed by atoms with Crippen LogP contribution in [-0.4, -0.2) is 69.5 Å². The van der Waals surface area contributed by atoms with Gasteiger partial charge in [-0.15, -0.1) is 0 Å². The summed E-state index contributed by atoms with van der Waals surface area (Å²) >= 11 is 6.17. The van der Waals surface area contributed by atoms with Crippen molar-refractivity contribution in [3.8, 4) is 5.75 Å². The molecule has 0 radical (unpaired) electrons. The molecule has 1 aromatic carbocycles. The van der Waals surface area contributed by atoms with Gasteiger partial charge in [0.15, 0.2) is 23.2 Å². The Morgan fingerprint density at radius 2 is 2.00 bits per heavy atom.